The first kappa shape index (κ1) is 13.4. The molecule has 1 aliphatic rings. The van der Waals surface area contributed by atoms with Crippen LogP contribution < -0.4 is 9.64 Å². The average Bonchev–Trinajstić information content (AvgIpc) is 3.09. The molecule has 110 valence electrons. The highest BCUT2D eigenvalue weighted by atomic mass is 16.5. The highest BCUT2D eigenvalue weighted by molar-refractivity contribution is 5.91. The molecule has 0 aromatic carbocycles. The van der Waals surface area contributed by atoms with E-state index in [-0.39, 0.29) is 5.91 Å². The molecule has 0 atom stereocenters. The van der Waals surface area contributed by atoms with E-state index in [0.717, 1.165) is 5.82 Å². The molecule has 0 bridgehead atoms. The van der Waals surface area contributed by atoms with Crippen molar-refractivity contribution in [3.05, 3.63) is 36.3 Å². The molecule has 1 fully saturated rings. The third-order valence-corrected chi connectivity index (χ3v) is 3.46. The summed E-state index contributed by atoms with van der Waals surface area (Å²) in [6.07, 6.45) is 1.51. The largest absolute Gasteiger partial charge is 0.480 e. The topological polar surface area (TPSA) is 71.7 Å². The molecule has 21 heavy (non-hydrogen) atoms. The van der Waals surface area contributed by atoms with Crippen molar-refractivity contribution >= 4 is 11.7 Å². The molecule has 0 saturated carbocycles. The summed E-state index contributed by atoms with van der Waals surface area (Å²) in [4.78, 5) is 16.0. The Kier molecular flexibility index (Phi) is 3.72. The molecule has 1 aliphatic heterocycles. The van der Waals surface area contributed by atoms with Gasteiger partial charge < -0.3 is 19.0 Å². The van der Waals surface area contributed by atoms with Gasteiger partial charge in [0.1, 0.15) is 0 Å². The van der Waals surface area contributed by atoms with Crippen LogP contribution in [0.2, 0.25) is 0 Å². The van der Waals surface area contributed by atoms with Crippen molar-refractivity contribution in [3.63, 3.8) is 0 Å². The number of hydrogen-bond acceptors (Lipinski definition) is 6. The van der Waals surface area contributed by atoms with Crippen molar-refractivity contribution < 1.29 is 13.9 Å². The number of amides is 1. The number of nitrogens with zero attached hydrogens (tertiary/aromatic N) is 4. The van der Waals surface area contributed by atoms with E-state index in [0.29, 0.717) is 37.8 Å². The molecule has 0 N–H and O–H groups in total. The summed E-state index contributed by atoms with van der Waals surface area (Å²) in [7, 11) is 1.56. The summed E-state index contributed by atoms with van der Waals surface area (Å²) < 4.78 is 10.1. The van der Waals surface area contributed by atoms with Crippen LogP contribution in [-0.4, -0.2) is 54.3 Å². The lowest BCUT2D eigenvalue weighted by atomic mass is 10.3. The number of carbonyl (C=O) groups excluding carboxylic acids is 1. The Labute approximate surface area is 122 Å². The van der Waals surface area contributed by atoms with Gasteiger partial charge in [0.2, 0.25) is 5.88 Å². The molecule has 2 aromatic rings. The Morgan fingerprint density at radius 2 is 2.00 bits per heavy atom. The van der Waals surface area contributed by atoms with Crippen molar-refractivity contribution in [2.45, 2.75) is 0 Å². The number of methoxy groups -OCH3 is 1. The maximum Gasteiger partial charge on any atom is 0.289 e. The first-order valence-electron chi connectivity index (χ1n) is 6.73. The highest BCUT2D eigenvalue weighted by Gasteiger charge is 2.24. The number of ether oxygens (including phenoxy) is 1. The minimum Gasteiger partial charge on any atom is -0.480 e. The quantitative estimate of drug-likeness (QED) is 0.840. The van der Waals surface area contributed by atoms with Crippen molar-refractivity contribution in [3.8, 4) is 5.88 Å². The van der Waals surface area contributed by atoms with Gasteiger partial charge in [-0.2, -0.15) is 0 Å². The minimum atomic E-state index is -0.0690. The van der Waals surface area contributed by atoms with E-state index in [1.807, 2.05) is 6.07 Å². The first-order chi connectivity index (χ1) is 10.3. The predicted molar refractivity (Wildman–Crippen MR) is 75.4 cm³/mol. The number of hydrogen-bond donors (Lipinski definition) is 0. The van der Waals surface area contributed by atoms with E-state index in [1.165, 1.54) is 6.26 Å². The van der Waals surface area contributed by atoms with Crippen LogP contribution in [0.5, 0.6) is 5.88 Å². The Bertz CT molecular complexity index is 589. The smallest absolute Gasteiger partial charge is 0.289 e. The Hall–Kier alpha value is -2.57. The molecule has 0 radical (unpaired) electrons. The lowest BCUT2D eigenvalue weighted by Crippen LogP contribution is -2.49. The first-order valence-corrected chi connectivity index (χ1v) is 6.73. The van der Waals surface area contributed by atoms with Gasteiger partial charge in [0.25, 0.3) is 5.91 Å². The van der Waals surface area contributed by atoms with Gasteiger partial charge in [-0.05, 0) is 18.2 Å². The van der Waals surface area contributed by atoms with Crippen molar-refractivity contribution in [1.82, 2.24) is 15.1 Å². The van der Waals surface area contributed by atoms with Gasteiger partial charge in [-0.3, -0.25) is 4.79 Å². The fraction of sp³-hybridized carbons (Fsp3) is 0.357. The predicted octanol–water partition coefficient (Wildman–Crippen LogP) is 1.04. The van der Waals surface area contributed by atoms with Crippen molar-refractivity contribution in [1.29, 1.82) is 0 Å². The monoisotopic (exact) mass is 288 g/mol. The molecule has 1 saturated heterocycles. The van der Waals surface area contributed by atoms with Gasteiger partial charge >= 0.3 is 0 Å². The van der Waals surface area contributed by atoms with Crippen LogP contribution in [0.3, 0.4) is 0 Å². The Balaban J connectivity index is 1.60. The number of furan rings is 1. The fourth-order valence-corrected chi connectivity index (χ4v) is 2.29. The standard InChI is InChI=1S/C14H16N4O3/c1-20-13-5-4-12(15-16-13)17-6-8-18(9-7-17)14(19)11-3-2-10-21-11/h2-5,10H,6-9H2,1H3. The Morgan fingerprint density at radius 3 is 2.57 bits per heavy atom. The van der Waals surface area contributed by atoms with E-state index in [9.17, 15) is 4.79 Å². The summed E-state index contributed by atoms with van der Waals surface area (Å²) in [5.74, 6) is 1.60. The third-order valence-electron chi connectivity index (χ3n) is 3.46. The molecule has 0 unspecified atom stereocenters. The SMILES string of the molecule is COc1ccc(N2CCN(C(=O)c3ccco3)CC2)nn1. The van der Waals surface area contributed by atoms with E-state index >= 15 is 0 Å². The van der Waals surface area contributed by atoms with Crippen LogP contribution in [0.15, 0.2) is 34.9 Å². The number of piperazine rings is 1. The maximum atomic E-state index is 12.2. The summed E-state index contributed by atoms with van der Waals surface area (Å²) >= 11 is 0. The zero-order valence-corrected chi connectivity index (χ0v) is 11.7. The lowest BCUT2D eigenvalue weighted by molar-refractivity contribution is 0.0714. The molecule has 3 heterocycles. The summed E-state index contributed by atoms with van der Waals surface area (Å²) in [6, 6.07) is 7.05. The zero-order valence-electron chi connectivity index (χ0n) is 11.7. The van der Waals surface area contributed by atoms with Crippen molar-refractivity contribution in [2.75, 3.05) is 38.2 Å². The molecule has 7 nitrogen and oxygen atoms in total. The number of rotatable bonds is 3. The molecule has 3 rings (SSSR count). The normalized spacial score (nSPS) is 15.1. The highest BCUT2D eigenvalue weighted by Crippen LogP contribution is 2.16. The second-order valence-electron chi connectivity index (χ2n) is 4.69. The second-order valence-corrected chi connectivity index (χ2v) is 4.69. The van der Waals surface area contributed by atoms with E-state index < -0.39 is 0 Å². The molecule has 2 aromatic heterocycles. The van der Waals surface area contributed by atoms with E-state index in [2.05, 4.69) is 15.1 Å². The van der Waals surface area contributed by atoms with Gasteiger partial charge in [0.15, 0.2) is 11.6 Å². The summed E-state index contributed by atoms with van der Waals surface area (Å²) in [5.41, 5.74) is 0. The number of aromatic nitrogens is 2. The number of anilines is 1. The molecule has 0 aliphatic carbocycles. The second kappa shape index (κ2) is 5.82. The summed E-state index contributed by atoms with van der Waals surface area (Å²) in [5, 5.41) is 8.08. The fourth-order valence-electron chi connectivity index (χ4n) is 2.29. The molecule has 0 spiro atoms. The van der Waals surface area contributed by atoms with Crippen LogP contribution in [0, 0.1) is 0 Å². The van der Waals surface area contributed by atoms with Gasteiger partial charge in [0.05, 0.1) is 13.4 Å². The summed E-state index contributed by atoms with van der Waals surface area (Å²) in [6.45, 7) is 2.70. The van der Waals surface area contributed by atoms with Crippen molar-refractivity contribution in [2.24, 2.45) is 0 Å². The third kappa shape index (κ3) is 2.81. The van der Waals surface area contributed by atoms with Crippen LogP contribution in [0.4, 0.5) is 5.82 Å². The molecular formula is C14H16N4O3. The minimum absolute atomic E-state index is 0.0690. The van der Waals surface area contributed by atoms with Crippen LogP contribution in [0.1, 0.15) is 10.6 Å². The zero-order chi connectivity index (χ0) is 14.7. The Morgan fingerprint density at radius 1 is 1.19 bits per heavy atom. The lowest BCUT2D eigenvalue weighted by Gasteiger charge is -2.34. The van der Waals surface area contributed by atoms with Crippen LogP contribution in [0.25, 0.3) is 0 Å². The molecular weight excluding hydrogens is 272 g/mol. The van der Waals surface area contributed by atoms with E-state index in [1.54, 1.807) is 30.2 Å². The van der Waals surface area contributed by atoms with Gasteiger partial charge in [-0.15, -0.1) is 10.2 Å². The molecule has 7 heteroatoms. The number of carbonyl (C=O) groups is 1. The van der Waals surface area contributed by atoms with Gasteiger partial charge in [-0.25, -0.2) is 0 Å². The van der Waals surface area contributed by atoms with Gasteiger partial charge in [-0.1, -0.05) is 0 Å². The van der Waals surface area contributed by atoms with E-state index in [4.69, 9.17) is 9.15 Å². The van der Waals surface area contributed by atoms with Crippen LogP contribution >= 0.6 is 0 Å². The van der Waals surface area contributed by atoms with Crippen LogP contribution in [-0.2, 0) is 0 Å². The maximum absolute atomic E-state index is 12.2. The molecule has 1 amide bonds. The van der Waals surface area contributed by atoms with Gasteiger partial charge in [0, 0.05) is 32.2 Å². The average molecular weight is 288 g/mol.